The van der Waals surface area contributed by atoms with E-state index in [1.807, 2.05) is 0 Å². The molecule has 0 bridgehead atoms. The van der Waals surface area contributed by atoms with Gasteiger partial charge in [-0.25, -0.2) is 0 Å². The van der Waals surface area contributed by atoms with Crippen LogP contribution in [0.25, 0.3) is 0 Å². The summed E-state index contributed by atoms with van der Waals surface area (Å²) >= 11 is 5.66. The van der Waals surface area contributed by atoms with Crippen LogP contribution in [0.3, 0.4) is 0 Å². The zero-order valence-electron chi connectivity index (χ0n) is 9.01. The molecule has 2 nitrogen and oxygen atoms in total. The second-order valence-electron chi connectivity index (χ2n) is 3.80. The molecular weight excluding hydrogens is 255 g/mol. The number of Topliss-reactive ketones (excluding diaryl/α,β-unsaturated/α-hetero) is 1. The molecule has 0 heterocycles. The molecule has 0 spiro atoms. The van der Waals surface area contributed by atoms with Crippen LogP contribution in [0, 0.1) is 5.92 Å². The fraction of sp³-hybridized carbons (Fsp3) is 0.364. The first-order valence-electron chi connectivity index (χ1n) is 4.86. The quantitative estimate of drug-likeness (QED) is 0.669. The SMILES string of the molecule is CC(CC(=O)c1cc(Cl)ccc1N)C(F)(F)F. The number of anilines is 1. The van der Waals surface area contributed by atoms with Crippen molar-refractivity contribution in [1.82, 2.24) is 0 Å². The molecule has 6 heteroatoms. The molecule has 0 aliphatic heterocycles. The van der Waals surface area contributed by atoms with Gasteiger partial charge in [0, 0.05) is 22.7 Å². The van der Waals surface area contributed by atoms with Crippen molar-refractivity contribution in [1.29, 1.82) is 0 Å². The summed E-state index contributed by atoms with van der Waals surface area (Å²) in [6.07, 6.45) is -5.02. The molecule has 94 valence electrons. The van der Waals surface area contributed by atoms with Crippen molar-refractivity contribution in [2.75, 3.05) is 5.73 Å². The van der Waals surface area contributed by atoms with E-state index in [1.54, 1.807) is 0 Å². The van der Waals surface area contributed by atoms with Gasteiger partial charge in [0.15, 0.2) is 5.78 Å². The first kappa shape index (κ1) is 13.8. The summed E-state index contributed by atoms with van der Waals surface area (Å²) in [5.41, 5.74) is 5.68. The van der Waals surface area contributed by atoms with E-state index in [2.05, 4.69) is 0 Å². The fourth-order valence-electron chi connectivity index (χ4n) is 1.27. The van der Waals surface area contributed by atoms with Gasteiger partial charge in [0.2, 0.25) is 0 Å². The standard InChI is InChI=1S/C11H11ClF3NO/c1-6(11(13,14)15)4-10(17)8-5-7(12)2-3-9(8)16/h2-3,5-6H,4,16H2,1H3. The highest BCUT2D eigenvalue weighted by atomic mass is 35.5. The highest BCUT2D eigenvalue weighted by Crippen LogP contribution is 2.30. The molecule has 0 fully saturated rings. The van der Waals surface area contributed by atoms with E-state index in [-0.39, 0.29) is 16.3 Å². The van der Waals surface area contributed by atoms with Crippen LogP contribution in [0.5, 0.6) is 0 Å². The molecule has 1 aromatic carbocycles. The molecule has 1 atom stereocenters. The number of carbonyl (C=O) groups is 1. The van der Waals surface area contributed by atoms with Gasteiger partial charge < -0.3 is 5.73 Å². The number of halogens is 4. The smallest absolute Gasteiger partial charge is 0.391 e. The van der Waals surface area contributed by atoms with Gasteiger partial charge in [0.1, 0.15) is 0 Å². The van der Waals surface area contributed by atoms with Crippen LogP contribution in [0.4, 0.5) is 18.9 Å². The minimum atomic E-state index is -4.39. The molecule has 2 N–H and O–H groups in total. The van der Waals surface area contributed by atoms with Gasteiger partial charge in [0.05, 0.1) is 5.92 Å². The maximum absolute atomic E-state index is 12.3. The largest absolute Gasteiger partial charge is 0.398 e. The normalized spacial score (nSPS) is 13.5. The number of carbonyl (C=O) groups excluding carboxylic acids is 1. The first-order valence-corrected chi connectivity index (χ1v) is 5.24. The number of hydrogen-bond donors (Lipinski definition) is 1. The molecule has 0 amide bonds. The third kappa shape index (κ3) is 3.63. The van der Waals surface area contributed by atoms with E-state index < -0.39 is 24.3 Å². The van der Waals surface area contributed by atoms with Gasteiger partial charge in [-0.3, -0.25) is 4.79 Å². The van der Waals surface area contributed by atoms with E-state index in [1.165, 1.54) is 18.2 Å². The Morgan fingerprint density at radius 3 is 2.59 bits per heavy atom. The minimum absolute atomic E-state index is 0.0357. The number of nitrogen functional groups attached to an aromatic ring is 1. The van der Waals surface area contributed by atoms with Crippen LogP contribution in [0.2, 0.25) is 5.02 Å². The Labute approximate surface area is 102 Å². The highest BCUT2D eigenvalue weighted by Gasteiger charge is 2.37. The van der Waals surface area contributed by atoms with E-state index in [0.29, 0.717) is 0 Å². The van der Waals surface area contributed by atoms with Crippen molar-refractivity contribution in [2.45, 2.75) is 19.5 Å². The molecule has 1 unspecified atom stereocenters. The van der Waals surface area contributed by atoms with Crippen molar-refractivity contribution in [3.63, 3.8) is 0 Å². The zero-order valence-corrected chi connectivity index (χ0v) is 9.77. The number of nitrogens with two attached hydrogens (primary N) is 1. The molecular formula is C11H11ClF3NO. The Kier molecular flexibility index (Phi) is 4.03. The number of benzene rings is 1. The van der Waals surface area contributed by atoms with Crippen LogP contribution >= 0.6 is 11.6 Å². The minimum Gasteiger partial charge on any atom is -0.398 e. The average Bonchev–Trinajstić information content (AvgIpc) is 2.20. The van der Waals surface area contributed by atoms with Gasteiger partial charge in [0.25, 0.3) is 0 Å². The van der Waals surface area contributed by atoms with Crippen LogP contribution < -0.4 is 5.73 Å². The van der Waals surface area contributed by atoms with Crippen molar-refractivity contribution in [3.05, 3.63) is 28.8 Å². The van der Waals surface area contributed by atoms with Crippen molar-refractivity contribution < 1.29 is 18.0 Å². The van der Waals surface area contributed by atoms with Crippen molar-refractivity contribution >= 4 is 23.1 Å². The molecule has 0 saturated carbocycles. The Bertz CT molecular complexity index is 431. The Hall–Kier alpha value is -1.23. The van der Waals surface area contributed by atoms with Crippen LogP contribution in [0.1, 0.15) is 23.7 Å². The van der Waals surface area contributed by atoms with E-state index in [4.69, 9.17) is 17.3 Å². The molecule has 0 aromatic heterocycles. The lowest BCUT2D eigenvalue weighted by Gasteiger charge is -2.15. The molecule has 0 aliphatic carbocycles. The Balaban J connectivity index is 2.87. The summed E-state index contributed by atoms with van der Waals surface area (Å²) in [5, 5.41) is 0.266. The fourth-order valence-corrected chi connectivity index (χ4v) is 1.45. The van der Waals surface area contributed by atoms with E-state index in [0.717, 1.165) is 6.92 Å². The monoisotopic (exact) mass is 265 g/mol. The summed E-state index contributed by atoms with van der Waals surface area (Å²) in [6.45, 7) is 0.957. The number of ketones is 1. The zero-order chi connectivity index (χ0) is 13.2. The topological polar surface area (TPSA) is 43.1 Å². The second kappa shape index (κ2) is 4.96. The van der Waals surface area contributed by atoms with Crippen molar-refractivity contribution in [2.24, 2.45) is 5.92 Å². The first-order chi connectivity index (χ1) is 7.71. The molecule has 0 aliphatic rings. The molecule has 0 radical (unpaired) electrons. The van der Waals surface area contributed by atoms with Gasteiger partial charge in [-0.2, -0.15) is 13.2 Å². The lowest BCUT2D eigenvalue weighted by molar-refractivity contribution is -0.168. The molecule has 17 heavy (non-hydrogen) atoms. The maximum atomic E-state index is 12.3. The third-order valence-corrected chi connectivity index (χ3v) is 2.60. The molecule has 0 saturated heterocycles. The second-order valence-corrected chi connectivity index (χ2v) is 4.24. The predicted octanol–water partition coefficient (Wildman–Crippen LogP) is 3.69. The summed E-state index contributed by atoms with van der Waals surface area (Å²) < 4.78 is 36.9. The summed E-state index contributed by atoms with van der Waals surface area (Å²) in [7, 11) is 0. The van der Waals surface area contributed by atoms with Gasteiger partial charge >= 0.3 is 6.18 Å². The van der Waals surface area contributed by atoms with Crippen LogP contribution in [-0.2, 0) is 0 Å². The van der Waals surface area contributed by atoms with Crippen LogP contribution in [0.15, 0.2) is 18.2 Å². The number of alkyl halides is 3. The van der Waals surface area contributed by atoms with E-state index in [9.17, 15) is 18.0 Å². The summed E-state index contributed by atoms with van der Waals surface area (Å²) in [6, 6.07) is 4.15. The predicted molar refractivity (Wildman–Crippen MR) is 60.0 cm³/mol. The van der Waals surface area contributed by atoms with Crippen molar-refractivity contribution in [3.8, 4) is 0 Å². The average molecular weight is 266 g/mol. The van der Waals surface area contributed by atoms with E-state index >= 15 is 0 Å². The lowest BCUT2D eigenvalue weighted by atomic mass is 9.98. The number of rotatable bonds is 3. The Morgan fingerprint density at radius 1 is 1.47 bits per heavy atom. The number of hydrogen-bond acceptors (Lipinski definition) is 2. The summed E-state index contributed by atoms with van der Waals surface area (Å²) in [4.78, 5) is 11.6. The van der Waals surface area contributed by atoms with Gasteiger partial charge in [-0.15, -0.1) is 0 Å². The van der Waals surface area contributed by atoms with Gasteiger partial charge in [-0.1, -0.05) is 18.5 Å². The maximum Gasteiger partial charge on any atom is 0.391 e. The third-order valence-electron chi connectivity index (χ3n) is 2.37. The summed E-state index contributed by atoms with van der Waals surface area (Å²) in [5.74, 6) is -2.36. The highest BCUT2D eigenvalue weighted by molar-refractivity contribution is 6.31. The molecule has 1 rings (SSSR count). The molecule has 1 aromatic rings. The lowest BCUT2D eigenvalue weighted by Crippen LogP contribution is -2.23. The van der Waals surface area contributed by atoms with Gasteiger partial charge in [-0.05, 0) is 18.2 Å². The van der Waals surface area contributed by atoms with Crippen LogP contribution in [-0.4, -0.2) is 12.0 Å². The Morgan fingerprint density at radius 2 is 2.06 bits per heavy atom.